The van der Waals surface area contributed by atoms with Crippen molar-refractivity contribution in [3.63, 3.8) is 0 Å². The van der Waals surface area contributed by atoms with Crippen LogP contribution >= 0.6 is 0 Å². The maximum atomic E-state index is 12.1. The van der Waals surface area contributed by atoms with Gasteiger partial charge in [0.15, 0.2) is 0 Å². The van der Waals surface area contributed by atoms with Gasteiger partial charge in [0.25, 0.3) is 0 Å². The maximum absolute atomic E-state index is 12.1. The lowest BCUT2D eigenvalue weighted by molar-refractivity contribution is -0.151. The summed E-state index contributed by atoms with van der Waals surface area (Å²) in [5.74, 6) is 0.0564. The lowest BCUT2D eigenvalue weighted by Crippen LogP contribution is -2.33. The minimum absolute atomic E-state index is 0.479. The Labute approximate surface area is 164 Å². The van der Waals surface area contributed by atoms with E-state index in [1.54, 1.807) is 0 Å². The quantitative estimate of drug-likeness (QED) is 0.232. The molecule has 0 aliphatic heterocycles. The minimum Gasteiger partial charge on any atom is -0.481 e. The Morgan fingerprint density at radius 2 is 1.19 bits per heavy atom. The Morgan fingerprint density at radius 1 is 0.731 bits per heavy atom. The smallest absolute Gasteiger partial charge is 0.309 e. The van der Waals surface area contributed by atoms with Gasteiger partial charge in [-0.15, -0.1) is 0 Å². The van der Waals surface area contributed by atoms with Crippen molar-refractivity contribution in [1.82, 2.24) is 0 Å². The second kappa shape index (κ2) is 16.6. The highest BCUT2D eigenvalue weighted by molar-refractivity contribution is 5.74. The van der Waals surface area contributed by atoms with Crippen LogP contribution in [0.3, 0.4) is 0 Å². The van der Waals surface area contributed by atoms with Crippen molar-refractivity contribution in [3.05, 3.63) is 0 Å². The predicted molar refractivity (Wildman–Crippen MR) is 115 cm³/mol. The van der Waals surface area contributed by atoms with Crippen molar-refractivity contribution >= 4 is 5.97 Å². The molecule has 26 heavy (non-hydrogen) atoms. The highest BCUT2D eigenvalue weighted by Gasteiger charge is 2.37. The molecular formula is C24H48O2. The van der Waals surface area contributed by atoms with Crippen molar-refractivity contribution in [2.75, 3.05) is 0 Å². The van der Waals surface area contributed by atoms with Crippen molar-refractivity contribution in [2.24, 2.45) is 11.3 Å². The summed E-state index contributed by atoms with van der Waals surface area (Å²) < 4.78 is 0. The summed E-state index contributed by atoms with van der Waals surface area (Å²) >= 11 is 0. The first-order valence-electron chi connectivity index (χ1n) is 11.8. The van der Waals surface area contributed by atoms with Crippen LogP contribution in [0.5, 0.6) is 0 Å². The van der Waals surface area contributed by atoms with Crippen LogP contribution in [0.4, 0.5) is 0 Å². The molecule has 2 nitrogen and oxygen atoms in total. The molecule has 0 amide bonds. The van der Waals surface area contributed by atoms with Crippen LogP contribution in [0.1, 0.15) is 137 Å². The van der Waals surface area contributed by atoms with E-state index in [4.69, 9.17) is 0 Å². The Balaban J connectivity index is 4.67. The van der Waals surface area contributed by atoms with E-state index in [0.29, 0.717) is 5.92 Å². The molecule has 0 rings (SSSR count). The first kappa shape index (κ1) is 25.5. The molecule has 0 saturated heterocycles. The largest absolute Gasteiger partial charge is 0.481 e. The molecule has 0 bridgehead atoms. The molecule has 0 fully saturated rings. The van der Waals surface area contributed by atoms with Gasteiger partial charge >= 0.3 is 5.97 Å². The van der Waals surface area contributed by atoms with Crippen LogP contribution in [0, 0.1) is 11.3 Å². The fraction of sp³-hybridized carbons (Fsp3) is 0.958. The van der Waals surface area contributed by atoms with Gasteiger partial charge < -0.3 is 5.11 Å². The number of unbranched alkanes of at least 4 members (excludes halogenated alkanes) is 9. The van der Waals surface area contributed by atoms with E-state index in [-0.39, 0.29) is 0 Å². The van der Waals surface area contributed by atoms with Gasteiger partial charge in [-0.3, -0.25) is 4.79 Å². The second-order valence-corrected chi connectivity index (χ2v) is 8.52. The summed E-state index contributed by atoms with van der Waals surface area (Å²) in [5.41, 5.74) is -0.479. The van der Waals surface area contributed by atoms with Gasteiger partial charge in [-0.25, -0.2) is 0 Å². The van der Waals surface area contributed by atoms with Gasteiger partial charge in [-0.05, 0) is 25.2 Å². The molecule has 0 radical (unpaired) electrons. The van der Waals surface area contributed by atoms with Crippen molar-refractivity contribution < 1.29 is 9.90 Å². The van der Waals surface area contributed by atoms with Gasteiger partial charge in [-0.2, -0.15) is 0 Å². The average molecular weight is 369 g/mol. The zero-order valence-electron chi connectivity index (χ0n) is 18.5. The molecule has 0 spiro atoms. The van der Waals surface area contributed by atoms with Crippen molar-refractivity contribution in [1.29, 1.82) is 0 Å². The summed E-state index contributed by atoms with van der Waals surface area (Å²) in [6, 6.07) is 0. The Kier molecular flexibility index (Phi) is 16.3. The number of carboxylic acid groups (broad SMARTS) is 1. The monoisotopic (exact) mass is 368 g/mol. The first-order chi connectivity index (χ1) is 12.6. The van der Waals surface area contributed by atoms with Gasteiger partial charge in [0.05, 0.1) is 5.41 Å². The Bertz CT molecular complexity index is 326. The van der Waals surface area contributed by atoms with Crippen LogP contribution in [-0.2, 0) is 4.79 Å². The summed E-state index contributed by atoms with van der Waals surface area (Å²) in [4.78, 5) is 12.1. The molecule has 2 unspecified atom stereocenters. The molecule has 2 heteroatoms. The first-order valence-corrected chi connectivity index (χ1v) is 11.8. The third kappa shape index (κ3) is 11.2. The van der Waals surface area contributed by atoms with Crippen LogP contribution in [0.15, 0.2) is 0 Å². The molecule has 0 aliphatic carbocycles. The van der Waals surface area contributed by atoms with E-state index < -0.39 is 11.4 Å². The van der Waals surface area contributed by atoms with Gasteiger partial charge in [-0.1, -0.05) is 118 Å². The minimum atomic E-state index is -0.546. The maximum Gasteiger partial charge on any atom is 0.309 e. The molecule has 0 aromatic carbocycles. The zero-order valence-corrected chi connectivity index (χ0v) is 18.5. The fourth-order valence-electron chi connectivity index (χ4n) is 4.26. The van der Waals surface area contributed by atoms with Gasteiger partial charge in [0, 0.05) is 0 Å². The van der Waals surface area contributed by atoms with E-state index in [2.05, 4.69) is 27.7 Å². The lowest BCUT2D eigenvalue weighted by Gasteiger charge is -2.32. The van der Waals surface area contributed by atoms with Crippen molar-refractivity contribution in [3.8, 4) is 0 Å². The average Bonchev–Trinajstić information content (AvgIpc) is 2.64. The summed E-state index contributed by atoms with van der Waals surface area (Å²) in [6.07, 6.45) is 20.3. The molecule has 156 valence electrons. The van der Waals surface area contributed by atoms with Crippen LogP contribution in [0.2, 0.25) is 0 Å². The lowest BCUT2D eigenvalue weighted by atomic mass is 9.71. The predicted octanol–water partition coefficient (Wildman–Crippen LogP) is 8.38. The number of hydrogen-bond acceptors (Lipinski definition) is 1. The number of rotatable bonds is 19. The van der Waals surface area contributed by atoms with Crippen LogP contribution in [0.25, 0.3) is 0 Å². The van der Waals surface area contributed by atoms with Crippen LogP contribution in [-0.4, -0.2) is 11.1 Å². The van der Waals surface area contributed by atoms with E-state index in [9.17, 15) is 9.90 Å². The zero-order chi connectivity index (χ0) is 19.7. The number of carbonyl (C=O) groups is 1. The number of aliphatic carboxylic acids is 1. The third-order valence-corrected chi connectivity index (χ3v) is 6.25. The fourth-order valence-corrected chi connectivity index (χ4v) is 4.26. The van der Waals surface area contributed by atoms with Crippen LogP contribution < -0.4 is 0 Å². The summed E-state index contributed by atoms with van der Waals surface area (Å²) in [5, 5.41) is 9.98. The van der Waals surface area contributed by atoms with E-state index in [1.807, 2.05) is 0 Å². The van der Waals surface area contributed by atoms with Gasteiger partial charge in [0.2, 0.25) is 0 Å². The molecule has 2 atom stereocenters. The molecule has 1 N–H and O–H groups in total. The molecule has 0 heterocycles. The van der Waals surface area contributed by atoms with Crippen molar-refractivity contribution in [2.45, 2.75) is 137 Å². The molecular weight excluding hydrogens is 320 g/mol. The topological polar surface area (TPSA) is 37.3 Å². The molecule has 0 aromatic heterocycles. The Hall–Kier alpha value is -0.530. The summed E-state index contributed by atoms with van der Waals surface area (Å²) in [6.45, 7) is 8.77. The highest BCUT2D eigenvalue weighted by Crippen LogP contribution is 2.39. The molecule has 0 aromatic rings. The highest BCUT2D eigenvalue weighted by atomic mass is 16.4. The molecule has 0 saturated carbocycles. The SMILES string of the molecule is CCCCCCCCC(CCCCCC)CC(CC)(CCCC)C(=O)O. The van der Waals surface area contributed by atoms with E-state index in [1.165, 1.54) is 77.0 Å². The number of hydrogen-bond donors (Lipinski definition) is 1. The van der Waals surface area contributed by atoms with E-state index in [0.717, 1.165) is 32.1 Å². The third-order valence-electron chi connectivity index (χ3n) is 6.25. The van der Waals surface area contributed by atoms with E-state index >= 15 is 0 Å². The second-order valence-electron chi connectivity index (χ2n) is 8.52. The molecule has 0 aliphatic rings. The Morgan fingerprint density at radius 3 is 1.65 bits per heavy atom. The normalized spacial score (nSPS) is 14.9. The number of carboxylic acids is 1. The standard InChI is InChI=1S/C24H48O2/c1-5-9-12-14-15-17-19-22(18-16-13-10-6-2)21-24(8-4,23(25)26)20-11-7-3/h22H,5-21H2,1-4H3,(H,25,26). The van der Waals surface area contributed by atoms with Gasteiger partial charge in [0.1, 0.15) is 0 Å². The summed E-state index contributed by atoms with van der Waals surface area (Å²) in [7, 11) is 0.